The van der Waals surface area contributed by atoms with E-state index in [9.17, 15) is 4.79 Å². The van der Waals surface area contributed by atoms with E-state index in [1.807, 2.05) is 42.5 Å². The molecular formula is C20H20N4O2. The Balaban J connectivity index is 1.75. The molecular weight excluding hydrogens is 328 g/mol. The fourth-order valence-electron chi connectivity index (χ4n) is 2.29. The third-order valence-corrected chi connectivity index (χ3v) is 3.56. The molecule has 1 amide bonds. The van der Waals surface area contributed by atoms with E-state index < -0.39 is 0 Å². The van der Waals surface area contributed by atoms with Gasteiger partial charge in [0.2, 0.25) is 0 Å². The van der Waals surface area contributed by atoms with Gasteiger partial charge in [-0.15, -0.1) is 0 Å². The SMILES string of the molecule is CCCNc1cc(C(=O)Nc2ccccc2Oc2ccccc2)ncn1. The quantitative estimate of drug-likeness (QED) is 0.664. The van der Waals surface area contributed by atoms with Crippen molar-refractivity contribution in [3.63, 3.8) is 0 Å². The molecule has 3 aromatic rings. The summed E-state index contributed by atoms with van der Waals surface area (Å²) in [5, 5.41) is 5.99. The van der Waals surface area contributed by atoms with E-state index in [-0.39, 0.29) is 11.6 Å². The largest absolute Gasteiger partial charge is 0.455 e. The fourth-order valence-corrected chi connectivity index (χ4v) is 2.29. The highest BCUT2D eigenvalue weighted by atomic mass is 16.5. The standard InChI is InChI=1S/C20H20N4O2/c1-2-12-21-19-13-17(22-14-23-19)20(25)24-16-10-6-7-11-18(16)26-15-8-4-3-5-9-15/h3-11,13-14H,2,12H2,1H3,(H,24,25)(H,21,22,23). The van der Waals surface area contributed by atoms with Crippen LogP contribution in [0.5, 0.6) is 11.5 Å². The van der Waals surface area contributed by atoms with E-state index in [2.05, 4.69) is 27.5 Å². The number of nitrogens with zero attached hydrogens (tertiary/aromatic N) is 2. The molecule has 0 aliphatic carbocycles. The zero-order chi connectivity index (χ0) is 18.2. The average molecular weight is 348 g/mol. The van der Waals surface area contributed by atoms with Crippen LogP contribution in [0.25, 0.3) is 0 Å². The van der Waals surface area contributed by atoms with Crippen molar-refractivity contribution in [2.45, 2.75) is 13.3 Å². The van der Waals surface area contributed by atoms with Gasteiger partial charge in [-0.3, -0.25) is 4.79 Å². The number of anilines is 2. The van der Waals surface area contributed by atoms with Gasteiger partial charge in [0.25, 0.3) is 5.91 Å². The van der Waals surface area contributed by atoms with Crippen LogP contribution in [-0.2, 0) is 0 Å². The third kappa shape index (κ3) is 4.57. The number of para-hydroxylation sites is 3. The molecule has 0 aliphatic heterocycles. The minimum Gasteiger partial charge on any atom is -0.455 e. The molecule has 3 rings (SSSR count). The second-order valence-electron chi connectivity index (χ2n) is 5.58. The van der Waals surface area contributed by atoms with Crippen LogP contribution in [0.4, 0.5) is 11.5 Å². The molecule has 6 heteroatoms. The number of aromatic nitrogens is 2. The minimum atomic E-state index is -0.323. The lowest BCUT2D eigenvalue weighted by Crippen LogP contribution is -2.15. The second-order valence-corrected chi connectivity index (χ2v) is 5.58. The van der Waals surface area contributed by atoms with Crippen LogP contribution in [0, 0.1) is 0 Å². The lowest BCUT2D eigenvalue weighted by molar-refractivity contribution is 0.102. The van der Waals surface area contributed by atoms with E-state index in [1.165, 1.54) is 6.33 Å². The topological polar surface area (TPSA) is 76.1 Å². The molecule has 0 spiro atoms. The summed E-state index contributed by atoms with van der Waals surface area (Å²) in [6.07, 6.45) is 2.34. The Morgan fingerprint density at radius 1 is 1.04 bits per heavy atom. The van der Waals surface area contributed by atoms with Gasteiger partial charge in [-0.05, 0) is 30.7 Å². The molecule has 0 saturated heterocycles. The van der Waals surface area contributed by atoms with Gasteiger partial charge < -0.3 is 15.4 Å². The van der Waals surface area contributed by atoms with Crippen molar-refractivity contribution in [1.82, 2.24) is 9.97 Å². The van der Waals surface area contributed by atoms with E-state index in [4.69, 9.17) is 4.74 Å². The van der Waals surface area contributed by atoms with Crippen molar-refractivity contribution in [2.24, 2.45) is 0 Å². The number of hydrogen-bond acceptors (Lipinski definition) is 5. The van der Waals surface area contributed by atoms with Crippen molar-refractivity contribution in [3.8, 4) is 11.5 Å². The van der Waals surface area contributed by atoms with Crippen LogP contribution in [0.3, 0.4) is 0 Å². The number of carbonyl (C=O) groups is 1. The first-order chi connectivity index (χ1) is 12.8. The average Bonchev–Trinajstić information content (AvgIpc) is 2.69. The molecule has 1 heterocycles. The number of nitrogens with one attached hydrogen (secondary N) is 2. The van der Waals surface area contributed by atoms with E-state index >= 15 is 0 Å². The highest BCUT2D eigenvalue weighted by molar-refractivity contribution is 6.04. The summed E-state index contributed by atoms with van der Waals surface area (Å²) in [4.78, 5) is 20.7. The molecule has 2 aromatic carbocycles. The molecule has 0 atom stereocenters. The van der Waals surface area contributed by atoms with Gasteiger partial charge in [-0.2, -0.15) is 0 Å². The molecule has 0 aliphatic rings. The normalized spacial score (nSPS) is 10.2. The molecule has 2 N–H and O–H groups in total. The van der Waals surface area contributed by atoms with Crippen molar-refractivity contribution in [1.29, 1.82) is 0 Å². The fraction of sp³-hybridized carbons (Fsp3) is 0.150. The molecule has 0 radical (unpaired) electrons. The second kappa shape index (κ2) is 8.62. The maximum absolute atomic E-state index is 12.6. The molecule has 0 fully saturated rings. The van der Waals surface area contributed by atoms with Crippen LogP contribution in [-0.4, -0.2) is 22.4 Å². The van der Waals surface area contributed by atoms with Crippen LogP contribution < -0.4 is 15.4 Å². The van der Waals surface area contributed by atoms with Crippen LogP contribution in [0.1, 0.15) is 23.8 Å². The van der Waals surface area contributed by atoms with Gasteiger partial charge in [0.15, 0.2) is 5.75 Å². The Bertz CT molecular complexity index is 868. The first-order valence-corrected chi connectivity index (χ1v) is 8.45. The number of hydrogen-bond donors (Lipinski definition) is 2. The Hall–Kier alpha value is -3.41. The molecule has 132 valence electrons. The Morgan fingerprint density at radius 2 is 1.81 bits per heavy atom. The predicted molar refractivity (Wildman–Crippen MR) is 102 cm³/mol. The summed E-state index contributed by atoms with van der Waals surface area (Å²) >= 11 is 0. The lowest BCUT2D eigenvalue weighted by atomic mass is 10.2. The zero-order valence-electron chi connectivity index (χ0n) is 14.5. The molecule has 1 aromatic heterocycles. The smallest absolute Gasteiger partial charge is 0.274 e. The summed E-state index contributed by atoms with van der Waals surface area (Å²) in [6.45, 7) is 2.84. The predicted octanol–water partition coefficient (Wildman–Crippen LogP) is 4.34. The Morgan fingerprint density at radius 3 is 2.62 bits per heavy atom. The first-order valence-electron chi connectivity index (χ1n) is 8.45. The Kier molecular flexibility index (Phi) is 5.77. The maximum Gasteiger partial charge on any atom is 0.274 e. The van der Waals surface area contributed by atoms with Gasteiger partial charge in [0.05, 0.1) is 5.69 Å². The van der Waals surface area contributed by atoms with E-state index in [0.29, 0.717) is 23.0 Å². The number of carbonyl (C=O) groups excluding carboxylic acids is 1. The minimum absolute atomic E-state index is 0.285. The number of rotatable bonds is 7. The first kappa shape index (κ1) is 17.4. The number of benzene rings is 2. The number of amides is 1. The molecule has 0 saturated carbocycles. The summed E-state index contributed by atoms with van der Waals surface area (Å²) in [7, 11) is 0. The van der Waals surface area contributed by atoms with Crippen molar-refractivity contribution >= 4 is 17.4 Å². The van der Waals surface area contributed by atoms with Crippen LogP contribution in [0.15, 0.2) is 67.0 Å². The van der Waals surface area contributed by atoms with E-state index in [0.717, 1.165) is 13.0 Å². The van der Waals surface area contributed by atoms with Gasteiger partial charge >= 0.3 is 0 Å². The van der Waals surface area contributed by atoms with Crippen LogP contribution in [0.2, 0.25) is 0 Å². The molecule has 26 heavy (non-hydrogen) atoms. The van der Waals surface area contributed by atoms with Crippen molar-refractivity contribution in [3.05, 3.63) is 72.7 Å². The third-order valence-electron chi connectivity index (χ3n) is 3.56. The summed E-state index contributed by atoms with van der Waals surface area (Å²) in [5.41, 5.74) is 0.858. The van der Waals surface area contributed by atoms with Gasteiger partial charge in [0.1, 0.15) is 23.6 Å². The van der Waals surface area contributed by atoms with Gasteiger partial charge in [0, 0.05) is 12.6 Å². The number of ether oxygens (including phenoxy) is 1. The van der Waals surface area contributed by atoms with Crippen molar-refractivity contribution < 1.29 is 9.53 Å². The van der Waals surface area contributed by atoms with Crippen LogP contribution >= 0.6 is 0 Å². The zero-order valence-corrected chi connectivity index (χ0v) is 14.5. The maximum atomic E-state index is 12.6. The molecule has 0 bridgehead atoms. The summed E-state index contributed by atoms with van der Waals surface area (Å²) in [5.74, 6) is 1.56. The highest BCUT2D eigenvalue weighted by Crippen LogP contribution is 2.29. The lowest BCUT2D eigenvalue weighted by Gasteiger charge is -2.12. The summed E-state index contributed by atoms with van der Waals surface area (Å²) < 4.78 is 5.86. The van der Waals surface area contributed by atoms with Crippen molar-refractivity contribution in [2.75, 3.05) is 17.2 Å². The highest BCUT2D eigenvalue weighted by Gasteiger charge is 2.12. The summed E-state index contributed by atoms with van der Waals surface area (Å²) in [6, 6.07) is 18.3. The molecule has 0 unspecified atom stereocenters. The molecule has 6 nitrogen and oxygen atoms in total. The monoisotopic (exact) mass is 348 g/mol. The van der Waals surface area contributed by atoms with Gasteiger partial charge in [-0.1, -0.05) is 37.3 Å². The van der Waals surface area contributed by atoms with Gasteiger partial charge in [-0.25, -0.2) is 9.97 Å². The Labute approximate surface area is 152 Å². The van der Waals surface area contributed by atoms with E-state index in [1.54, 1.807) is 18.2 Å².